The van der Waals surface area contributed by atoms with Gasteiger partial charge in [-0.05, 0) is 31.5 Å². The summed E-state index contributed by atoms with van der Waals surface area (Å²) < 4.78 is 5.16. The summed E-state index contributed by atoms with van der Waals surface area (Å²) >= 11 is 0. The van der Waals surface area contributed by atoms with Gasteiger partial charge in [-0.25, -0.2) is 0 Å². The third kappa shape index (κ3) is 4.60. The fourth-order valence-corrected chi connectivity index (χ4v) is 1.99. The Morgan fingerprint density at radius 3 is 2.68 bits per heavy atom. The lowest BCUT2D eigenvalue weighted by molar-refractivity contribution is -0.121. The third-order valence-corrected chi connectivity index (χ3v) is 3.37. The van der Waals surface area contributed by atoms with Crippen LogP contribution < -0.4 is 5.32 Å². The van der Waals surface area contributed by atoms with E-state index in [-0.39, 0.29) is 18.9 Å². The topological polar surface area (TPSA) is 62.5 Å². The Morgan fingerprint density at radius 1 is 1.32 bits per heavy atom. The molecule has 4 heteroatoms. The number of hydrogen-bond acceptors (Lipinski definition) is 3. The number of rotatable bonds is 6. The number of carbonyl (C=O) groups excluding carboxylic acids is 1. The SMILES string of the molecule is Cc1ccc(C=CCC(=O)NCC(C)(O)c2ccco2)cc1. The van der Waals surface area contributed by atoms with Gasteiger partial charge in [-0.1, -0.05) is 42.0 Å². The first kappa shape index (κ1) is 16.0. The largest absolute Gasteiger partial charge is 0.466 e. The second-order valence-electron chi connectivity index (χ2n) is 5.55. The molecule has 0 spiro atoms. The van der Waals surface area contributed by atoms with Gasteiger partial charge in [-0.2, -0.15) is 0 Å². The average molecular weight is 299 g/mol. The molecule has 2 N–H and O–H groups in total. The number of aliphatic hydroxyl groups is 1. The molecule has 0 fully saturated rings. The maximum absolute atomic E-state index is 11.8. The van der Waals surface area contributed by atoms with Crippen LogP contribution in [-0.4, -0.2) is 17.6 Å². The van der Waals surface area contributed by atoms with Gasteiger partial charge in [0.1, 0.15) is 11.4 Å². The van der Waals surface area contributed by atoms with E-state index in [1.165, 1.54) is 11.8 Å². The van der Waals surface area contributed by atoms with E-state index in [9.17, 15) is 9.90 Å². The molecule has 0 radical (unpaired) electrons. The molecule has 0 aliphatic carbocycles. The number of carbonyl (C=O) groups is 1. The van der Waals surface area contributed by atoms with E-state index in [4.69, 9.17) is 4.42 Å². The van der Waals surface area contributed by atoms with Crippen molar-refractivity contribution in [1.29, 1.82) is 0 Å². The summed E-state index contributed by atoms with van der Waals surface area (Å²) in [5.41, 5.74) is 1.05. The van der Waals surface area contributed by atoms with Crippen LogP contribution in [0.25, 0.3) is 6.08 Å². The number of benzene rings is 1. The number of amides is 1. The van der Waals surface area contributed by atoms with Crippen LogP contribution in [0, 0.1) is 6.92 Å². The highest BCUT2D eigenvalue weighted by molar-refractivity contribution is 5.78. The van der Waals surface area contributed by atoms with Gasteiger partial charge in [-0.3, -0.25) is 4.79 Å². The maximum atomic E-state index is 11.8. The second kappa shape index (κ2) is 7.09. The standard InChI is InChI=1S/C18H21NO3/c1-14-8-10-15(11-9-14)5-3-7-17(20)19-13-18(2,21)16-6-4-12-22-16/h3-6,8-12,21H,7,13H2,1-2H3,(H,19,20). The van der Waals surface area contributed by atoms with Crippen molar-refractivity contribution in [2.75, 3.05) is 6.54 Å². The van der Waals surface area contributed by atoms with Crippen molar-refractivity contribution >= 4 is 12.0 Å². The first-order valence-electron chi connectivity index (χ1n) is 7.24. The highest BCUT2D eigenvalue weighted by Gasteiger charge is 2.26. The van der Waals surface area contributed by atoms with Crippen LogP contribution in [0.15, 0.2) is 53.2 Å². The molecule has 0 aliphatic heterocycles. The van der Waals surface area contributed by atoms with Crippen LogP contribution in [0.3, 0.4) is 0 Å². The van der Waals surface area contributed by atoms with E-state index in [1.54, 1.807) is 19.1 Å². The van der Waals surface area contributed by atoms with Crippen LogP contribution in [0.1, 0.15) is 30.2 Å². The van der Waals surface area contributed by atoms with Gasteiger partial charge in [0.15, 0.2) is 0 Å². The molecule has 0 aliphatic rings. The Hall–Kier alpha value is -2.33. The molecule has 22 heavy (non-hydrogen) atoms. The fraction of sp³-hybridized carbons (Fsp3) is 0.278. The minimum absolute atomic E-state index is 0.109. The van der Waals surface area contributed by atoms with E-state index >= 15 is 0 Å². The van der Waals surface area contributed by atoms with E-state index in [1.807, 2.05) is 43.3 Å². The number of nitrogens with one attached hydrogen (secondary N) is 1. The maximum Gasteiger partial charge on any atom is 0.223 e. The van der Waals surface area contributed by atoms with E-state index in [0.717, 1.165) is 5.56 Å². The lowest BCUT2D eigenvalue weighted by Gasteiger charge is -2.20. The van der Waals surface area contributed by atoms with Crippen LogP contribution in [-0.2, 0) is 10.4 Å². The molecule has 0 saturated carbocycles. The molecular weight excluding hydrogens is 278 g/mol. The summed E-state index contributed by atoms with van der Waals surface area (Å²) in [5, 5.41) is 12.9. The van der Waals surface area contributed by atoms with Crippen molar-refractivity contribution in [2.24, 2.45) is 0 Å². The quantitative estimate of drug-likeness (QED) is 0.862. The van der Waals surface area contributed by atoms with Crippen LogP contribution in [0.4, 0.5) is 0 Å². The van der Waals surface area contributed by atoms with Crippen LogP contribution in [0.2, 0.25) is 0 Å². The van der Waals surface area contributed by atoms with Gasteiger partial charge in [0.25, 0.3) is 0 Å². The molecule has 1 heterocycles. The molecule has 0 bridgehead atoms. The molecule has 0 saturated heterocycles. The third-order valence-electron chi connectivity index (χ3n) is 3.37. The molecule has 1 atom stereocenters. The zero-order valence-corrected chi connectivity index (χ0v) is 12.9. The smallest absolute Gasteiger partial charge is 0.223 e. The van der Waals surface area contributed by atoms with Crippen molar-refractivity contribution in [3.8, 4) is 0 Å². The van der Waals surface area contributed by atoms with Gasteiger partial charge in [0.05, 0.1) is 12.8 Å². The van der Waals surface area contributed by atoms with Crippen molar-refractivity contribution in [3.63, 3.8) is 0 Å². The molecule has 1 aromatic heterocycles. The zero-order chi connectivity index (χ0) is 16.0. The molecule has 1 aromatic carbocycles. The summed E-state index contributed by atoms with van der Waals surface area (Å²) in [7, 11) is 0. The molecule has 2 aromatic rings. The predicted molar refractivity (Wildman–Crippen MR) is 86.1 cm³/mol. The second-order valence-corrected chi connectivity index (χ2v) is 5.55. The predicted octanol–water partition coefficient (Wildman–Crippen LogP) is 3.02. The monoisotopic (exact) mass is 299 g/mol. The lowest BCUT2D eigenvalue weighted by Crippen LogP contribution is -2.38. The first-order chi connectivity index (χ1) is 10.5. The van der Waals surface area contributed by atoms with Gasteiger partial charge < -0.3 is 14.8 Å². The summed E-state index contributed by atoms with van der Waals surface area (Å²) in [6.07, 6.45) is 5.48. The first-order valence-corrected chi connectivity index (χ1v) is 7.24. The summed E-state index contributed by atoms with van der Waals surface area (Å²) in [6.45, 7) is 3.75. The van der Waals surface area contributed by atoms with Crippen molar-refractivity contribution in [1.82, 2.24) is 5.32 Å². The Bertz CT molecular complexity index is 625. The fourth-order valence-electron chi connectivity index (χ4n) is 1.99. The Morgan fingerprint density at radius 2 is 2.05 bits per heavy atom. The highest BCUT2D eigenvalue weighted by atomic mass is 16.4. The summed E-state index contributed by atoms with van der Waals surface area (Å²) in [6, 6.07) is 11.5. The van der Waals surface area contributed by atoms with E-state index in [2.05, 4.69) is 5.32 Å². The molecule has 1 amide bonds. The molecule has 2 rings (SSSR count). The van der Waals surface area contributed by atoms with Crippen molar-refractivity contribution in [3.05, 3.63) is 65.6 Å². The molecule has 4 nitrogen and oxygen atoms in total. The van der Waals surface area contributed by atoms with Gasteiger partial charge in [0, 0.05) is 6.42 Å². The summed E-state index contributed by atoms with van der Waals surface area (Å²) in [4.78, 5) is 11.8. The minimum Gasteiger partial charge on any atom is -0.466 e. The van der Waals surface area contributed by atoms with Crippen LogP contribution in [0.5, 0.6) is 0 Å². The lowest BCUT2D eigenvalue weighted by atomic mass is 10.0. The van der Waals surface area contributed by atoms with Gasteiger partial charge in [0.2, 0.25) is 5.91 Å². The highest BCUT2D eigenvalue weighted by Crippen LogP contribution is 2.19. The Balaban J connectivity index is 1.79. The normalized spacial score (nSPS) is 14.0. The number of hydrogen-bond donors (Lipinski definition) is 2. The minimum atomic E-state index is -1.21. The molecule has 116 valence electrons. The Kier molecular flexibility index (Phi) is 5.17. The molecule has 1 unspecified atom stereocenters. The van der Waals surface area contributed by atoms with Crippen molar-refractivity contribution in [2.45, 2.75) is 25.9 Å². The van der Waals surface area contributed by atoms with E-state index < -0.39 is 5.60 Å². The number of aryl methyl sites for hydroxylation is 1. The average Bonchev–Trinajstić information content (AvgIpc) is 3.02. The summed E-state index contributed by atoms with van der Waals surface area (Å²) in [5.74, 6) is 0.290. The number of furan rings is 1. The zero-order valence-electron chi connectivity index (χ0n) is 12.9. The van der Waals surface area contributed by atoms with Gasteiger partial charge in [-0.15, -0.1) is 0 Å². The van der Waals surface area contributed by atoms with E-state index in [0.29, 0.717) is 5.76 Å². The van der Waals surface area contributed by atoms with Gasteiger partial charge >= 0.3 is 0 Å². The Labute approximate surface area is 130 Å². The van der Waals surface area contributed by atoms with Crippen LogP contribution >= 0.6 is 0 Å². The van der Waals surface area contributed by atoms with Crippen molar-refractivity contribution < 1.29 is 14.3 Å². The molecular formula is C18H21NO3.